The lowest BCUT2D eigenvalue weighted by Gasteiger charge is -2.02. The van der Waals surface area contributed by atoms with Crippen LogP contribution in [0.15, 0.2) is 33.1 Å². The predicted octanol–water partition coefficient (Wildman–Crippen LogP) is 2.25. The summed E-state index contributed by atoms with van der Waals surface area (Å²) in [6.07, 6.45) is 2.32. The molecule has 4 nitrogen and oxygen atoms in total. The maximum absolute atomic E-state index is 11.0. The average molecular weight is 300 g/mol. The van der Waals surface area contributed by atoms with Crippen molar-refractivity contribution in [2.45, 2.75) is 6.42 Å². The molecule has 2 aromatic heterocycles. The summed E-state index contributed by atoms with van der Waals surface area (Å²) in [5.74, 6) is 0.611. The molecule has 0 aliphatic carbocycles. The number of aromatic amines is 1. The minimum atomic E-state index is -0.142. The first-order valence-corrected chi connectivity index (χ1v) is 6.38. The Morgan fingerprint density at radius 3 is 3.06 bits per heavy atom. The van der Waals surface area contributed by atoms with E-state index in [2.05, 4.69) is 37.3 Å². The second kappa shape index (κ2) is 5.27. The number of nitrogens with one attached hydrogen (secondary N) is 2. The first-order valence-electron chi connectivity index (χ1n) is 4.77. The zero-order valence-corrected chi connectivity index (χ0v) is 10.8. The van der Waals surface area contributed by atoms with Gasteiger partial charge in [0.2, 0.25) is 0 Å². The molecule has 2 rings (SSSR count). The molecule has 84 valence electrons. The molecule has 2 aromatic rings. The Balaban J connectivity index is 1.86. The highest BCUT2D eigenvalue weighted by atomic mass is 79.9. The van der Waals surface area contributed by atoms with Gasteiger partial charge in [-0.1, -0.05) is 0 Å². The molecule has 0 saturated carbocycles. The smallest absolute Gasteiger partial charge is 0.252 e. The van der Waals surface area contributed by atoms with Crippen LogP contribution in [0.2, 0.25) is 0 Å². The van der Waals surface area contributed by atoms with E-state index >= 15 is 0 Å². The number of anilines is 1. The van der Waals surface area contributed by atoms with E-state index in [-0.39, 0.29) is 5.56 Å². The fourth-order valence-electron chi connectivity index (χ4n) is 1.27. The topological polar surface area (TPSA) is 57.8 Å². The third-order valence-corrected chi connectivity index (χ3v) is 3.67. The Morgan fingerprint density at radius 2 is 2.38 bits per heavy atom. The fraction of sp³-hybridized carbons (Fsp3) is 0.200. The van der Waals surface area contributed by atoms with Gasteiger partial charge >= 0.3 is 0 Å². The Kier molecular flexibility index (Phi) is 3.74. The van der Waals surface area contributed by atoms with Gasteiger partial charge in [0.1, 0.15) is 5.82 Å². The highest BCUT2D eigenvalue weighted by molar-refractivity contribution is 9.11. The summed E-state index contributed by atoms with van der Waals surface area (Å²) < 4.78 is 1.14. The van der Waals surface area contributed by atoms with E-state index in [9.17, 15) is 4.79 Å². The van der Waals surface area contributed by atoms with Gasteiger partial charge in [-0.2, -0.15) is 0 Å². The zero-order chi connectivity index (χ0) is 11.4. The molecule has 0 atom stereocenters. The zero-order valence-electron chi connectivity index (χ0n) is 8.37. The standard InChI is InChI=1S/C10H10BrN3OS/c11-8-2-1-7(16-8)3-4-12-9-5-10(15)14-6-13-9/h1-2,5-6H,3-4H2,(H2,12,13,14,15). The van der Waals surface area contributed by atoms with Crippen molar-refractivity contribution in [1.82, 2.24) is 9.97 Å². The maximum atomic E-state index is 11.0. The van der Waals surface area contributed by atoms with Crippen molar-refractivity contribution in [2.75, 3.05) is 11.9 Å². The lowest BCUT2D eigenvalue weighted by atomic mass is 10.3. The molecule has 0 aromatic carbocycles. The lowest BCUT2D eigenvalue weighted by Crippen LogP contribution is -2.10. The van der Waals surface area contributed by atoms with Crippen molar-refractivity contribution in [3.63, 3.8) is 0 Å². The first-order chi connectivity index (χ1) is 7.74. The van der Waals surface area contributed by atoms with Crippen LogP contribution in [0.25, 0.3) is 0 Å². The van der Waals surface area contributed by atoms with Gasteiger partial charge < -0.3 is 10.3 Å². The molecule has 16 heavy (non-hydrogen) atoms. The molecule has 6 heteroatoms. The van der Waals surface area contributed by atoms with Crippen LogP contribution in [0, 0.1) is 0 Å². The van der Waals surface area contributed by atoms with Crippen LogP contribution in [0.5, 0.6) is 0 Å². The Hall–Kier alpha value is -1.14. The summed E-state index contributed by atoms with van der Waals surface area (Å²) in [7, 11) is 0. The quantitative estimate of drug-likeness (QED) is 0.910. The van der Waals surface area contributed by atoms with Crippen LogP contribution in [0.1, 0.15) is 4.88 Å². The average Bonchev–Trinajstić information content (AvgIpc) is 2.64. The minimum absolute atomic E-state index is 0.142. The van der Waals surface area contributed by atoms with Gasteiger partial charge in [-0.3, -0.25) is 4.79 Å². The Labute approximate surface area is 105 Å². The highest BCUT2D eigenvalue weighted by Crippen LogP contribution is 2.22. The third kappa shape index (κ3) is 3.18. The summed E-state index contributed by atoms with van der Waals surface area (Å²) in [6.45, 7) is 0.767. The van der Waals surface area contributed by atoms with Crippen molar-refractivity contribution in [3.8, 4) is 0 Å². The van der Waals surface area contributed by atoms with Crippen molar-refractivity contribution >= 4 is 33.1 Å². The molecular formula is C10H10BrN3OS. The van der Waals surface area contributed by atoms with E-state index in [4.69, 9.17) is 0 Å². The van der Waals surface area contributed by atoms with E-state index < -0.39 is 0 Å². The molecule has 2 heterocycles. The molecule has 0 radical (unpaired) electrons. The molecule has 0 aliphatic heterocycles. The number of hydrogen-bond acceptors (Lipinski definition) is 4. The number of halogens is 1. The summed E-state index contributed by atoms with van der Waals surface area (Å²) in [5, 5.41) is 3.10. The highest BCUT2D eigenvalue weighted by Gasteiger charge is 1.98. The molecule has 0 aliphatic rings. The molecule has 0 unspecified atom stereocenters. The van der Waals surface area contributed by atoms with Crippen molar-refractivity contribution in [3.05, 3.63) is 43.5 Å². The van der Waals surface area contributed by atoms with Gasteiger partial charge in [0.25, 0.3) is 5.56 Å². The van der Waals surface area contributed by atoms with E-state index in [1.807, 2.05) is 6.07 Å². The van der Waals surface area contributed by atoms with Crippen LogP contribution in [-0.4, -0.2) is 16.5 Å². The number of H-pyrrole nitrogens is 1. The number of hydrogen-bond donors (Lipinski definition) is 2. The molecule has 0 bridgehead atoms. The summed E-state index contributed by atoms with van der Waals surface area (Å²) in [6, 6.07) is 5.57. The van der Waals surface area contributed by atoms with E-state index in [0.29, 0.717) is 5.82 Å². The Bertz CT molecular complexity index is 523. The monoisotopic (exact) mass is 299 g/mol. The van der Waals surface area contributed by atoms with Gasteiger partial charge in [-0.05, 0) is 34.5 Å². The van der Waals surface area contributed by atoms with E-state index in [0.717, 1.165) is 16.8 Å². The molecular weight excluding hydrogens is 290 g/mol. The molecule has 0 fully saturated rings. The number of thiophene rings is 1. The SMILES string of the molecule is O=c1cc(NCCc2ccc(Br)s2)nc[nH]1. The summed E-state index contributed by atoms with van der Waals surface area (Å²) >= 11 is 5.13. The number of aromatic nitrogens is 2. The van der Waals surface area contributed by atoms with Crippen LogP contribution in [-0.2, 0) is 6.42 Å². The number of rotatable bonds is 4. The third-order valence-electron chi connectivity index (χ3n) is 1.98. The van der Waals surface area contributed by atoms with Crippen molar-refractivity contribution < 1.29 is 0 Å². The van der Waals surface area contributed by atoms with Crippen molar-refractivity contribution in [2.24, 2.45) is 0 Å². The largest absolute Gasteiger partial charge is 0.369 e. The van der Waals surface area contributed by atoms with Crippen LogP contribution < -0.4 is 10.9 Å². The van der Waals surface area contributed by atoms with Gasteiger partial charge in [-0.15, -0.1) is 11.3 Å². The number of nitrogens with zero attached hydrogens (tertiary/aromatic N) is 1. The molecule has 2 N–H and O–H groups in total. The second-order valence-corrected chi connectivity index (χ2v) is 5.73. The molecule has 0 amide bonds. The van der Waals surface area contributed by atoms with Crippen LogP contribution >= 0.6 is 27.3 Å². The first kappa shape index (κ1) is 11.3. The van der Waals surface area contributed by atoms with Gasteiger partial charge in [0.05, 0.1) is 10.1 Å². The van der Waals surface area contributed by atoms with E-state index in [1.165, 1.54) is 17.3 Å². The second-order valence-electron chi connectivity index (χ2n) is 3.18. The van der Waals surface area contributed by atoms with Crippen LogP contribution in [0.4, 0.5) is 5.82 Å². The van der Waals surface area contributed by atoms with Crippen LogP contribution in [0.3, 0.4) is 0 Å². The normalized spacial score (nSPS) is 10.3. The molecule has 0 spiro atoms. The Morgan fingerprint density at radius 1 is 1.50 bits per heavy atom. The van der Waals surface area contributed by atoms with Gasteiger partial charge in [0.15, 0.2) is 0 Å². The lowest BCUT2D eigenvalue weighted by molar-refractivity contribution is 1.01. The molecule has 0 saturated heterocycles. The van der Waals surface area contributed by atoms with Crippen molar-refractivity contribution in [1.29, 1.82) is 0 Å². The summed E-state index contributed by atoms with van der Waals surface area (Å²) in [4.78, 5) is 18.8. The predicted molar refractivity (Wildman–Crippen MR) is 69.1 cm³/mol. The minimum Gasteiger partial charge on any atom is -0.369 e. The fourth-order valence-corrected chi connectivity index (χ4v) is 2.75. The van der Waals surface area contributed by atoms with Gasteiger partial charge in [-0.25, -0.2) is 4.98 Å². The summed E-state index contributed by atoms with van der Waals surface area (Å²) in [5.41, 5.74) is -0.142. The maximum Gasteiger partial charge on any atom is 0.252 e. The van der Waals surface area contributed by atoms with E-state index in [1.54, 1.807) is 11.3 Å². The van der Waals surface area contributed by atoms with Gasteiger partial charge in [0, 0.05) is 17.5 Å².